The van der Waals surface area contributed by atoms with Crippen molar-refractivity contribution in [2.75, 3.05) is 13.1 Å². The molecule has 1 aliphatic rings. The lowest BCUT2D eigenvalue weighted by molar-refractivity contribution is 0.0115. The Balaban J connectivity index is 1.24. The molecule has 9 nitrogen and oxygen atoms in total. The van der Waals surface area contributed by atoms with Crippen LogP contribution in [0, 0.1) is 6.92 Å². The van der Waals surface area contributed by atoms with Gasteiger partial charge in [-0.2, -0.15) is 5.10 Å². The largest absolute Gasteiger partial charge is 0.353 e. The van der Waals surface area contributed by atoms with Crippen molar-refractivity contribution in [3.63, 3.8) is 0 Å². The number of nitrogens with one attached hydrogen (secondary N) is 2. The van der Waals surface area contributed by atoms with E-state index in [2.05, 4.69) is 35.1 Å². The summed E-state index contributed by atoms with van der Waals surface area (Å²) in [5, 5.41) is 9.37. The normalized spacial score (nSPS) is 15.7. The van der Waals surface area contributed by atoms with Crippen LogP contribution in [0.5, 0.6) is 0 Å². The van der Waals surface area contributed by atoms with Gasteiger partial charge in [0.1, 0.15) is 17.8 Å². The maximum Gasteiger partial charge on any atom is 0.261 e. The van der Waals surface area contributed by atoms with Crippen LogP contribution in [0.25, 0.3) is 50.3 Å². The Labute approximate surface area is 215 Å². The number of H-pyrrole nitrogens is 2. The van der Waals surface area contributed by atoms with E-state index in [1.165, 1.54) is 0 Å². The summed E-state index contributed by atoms with van der Waals surface area (Å²) in [7, 11) is 0. The van der Waals surface area contributed by atoms with Gasteiger partial charge in [0.15, 0.2) is 5.65 Å². The fraction of sp³-hybridized carbons (Fsp3) is 0.222. The summed E-state index contributed by atoms with van der Waals surface area (Å²) in [6, 6.07) is 7.97. The minimum atomic E-state index is -2.62. The minimum Gasteiger partial charge on any atom is -0.353 e. The zero-order valence-electron chi connectivity index (χ0n) is 20.5. The molecule has 1 saturated heterocycles. The summed E-state index contributed by atoms with van der Waals surface area (Å²) in [6.45, 7) is 2.54. The number of hydrogen-bond acceptors (Lipinski definition) is 6. The van der Waals surface area contributed by atoms with Gasteiger partial charge in [0.05, 0.1) is 23.4 Å². The highest BCUT2D eigenvalue weighted by atomic mass is 19.3. The van der Waals surface area contributed by atoms with E-state index in [9.17, 15) is 8.78 Å². The Hall–Kier alpha value is -4.51. The van der Waals surface area contributed by atoms with Crippen LogP contribution in [0.3, 0.4) is 0 Å². The molecule has 7 rings (SSSR count). The molecular formula is C27H23F2N9. The third-order valence-corrected chi connectivity index (χ3v) is 6.94. The van der Waals surface area contributed by atoms with E-state index in [1.54, 1.807) is 36.0 Å². The first-order valence-corrected chi connectivity index (χ1v) is 12.3. The monoisotopic (exact) mass is 511 g/mol. The molecule has 190 valence electrons. The van der Waals surface area contributed by atoms with Crippen molar-refractivity contribution in [1.82, 2.24) is 44.6 Å². The molecule has 38 heavy (non-hydrogen) atoms. The second kappa shape index (κ2) is 8.52. The Bertz CT molecular complexity index is 1800. The standard InChI is InChI=1S/C27H23F2N9/c1-16-12-38(15-33-16)26-20-8-23(34-22(20)2-4-31-26)24-21-7-19(11-32-25(21)36-35-24)18-6-17(9-30-10-18)13-37-5-3-27(28,29)14-37/h2,4,6-12,15,34H,3,5,13-14H2,1H3,(H,32,35,36). The maximum atomic E-state index is 13.6. The minimum absolute atomic E-state index is 0.1000. The van der Waals surface area contributed by atoms with E-state index in [1.807, 2.05) is 42.0 Å². The third-order valence-electron chi connectivity index (χ3n) is 6.94. The maximum absolute atomic E-state index is 13.6. The average Bonchev–Trinajstić information content (AvgIpc) is 3.69. The lowest BCUT2D eigenvalue weighted by atomic mass is 10.1. The third kappa shape index (κ3) is 4.01. The van der Waals surface area contributed by atoms with Crippen LogP contribution in [-0.2, 0) is 6.54 Å². The number of aromatic nitrogens is 8. The van der Waals surface area contributed by atoms with E-state index in [-0.39, 0.29) is 13.0 Å². The number of pyridine rings is 3. The van der Waals surface area contributed by atoms with Crippen molar-refractivity contribution in [3.8, 4) is 28.3 Å². The smallest absolute Gasteiger partial charge is 0.261 e. The summed E-state index contributed by atoms with van der Waals surface area (Å²) in [5.74, 6) is -1.84. The SMILES string of the molecule is Cc1cn(-c2nccc3[nH]c(-c4n[nH]c5ncc(-c6cncc(CN7CCC(F)(F)C7)c6)cc45)cc23)cn1. The fourth-order valence-corrected chi connectivity index (χ4v) is 5.11. The predicted octanol–water partition coefficient (Wildman–Crippen LogP) is 4.90. The average molecular weight is 512 g/mol. The molecule has 0 saturated carbocycles. The molecule has 0 unspecified atom stereocenters. The Morgan fingerprint density at radius 1 is 1.03 bits per heavy atom. The first kappa shape index (κ1) is 22.7. The molecule has 0 spiro atoms. The van der Waals surface area contributed by atoms with Gasteiger partial charge >= 0.3 is 0 Å². The number of likely N-dealkylation sites (tertiary alicyclic amines) is 1. The number of rotatable bonds is 5. The van der Waals surface area contributed by atoms with Crippen LogP contribution in [0.2, 0.25) is 0 Å². The summed E-state index contributed by atoms with van der Waals surface area (Å²) < 4.78 is 29.2. The van der Waals surface area contributed by atoms with Gasteiger partial charge in [0.25, 0.3) is 5.92 Å². The van der Waals surface area contributed by atoms with Gasteiger partial charge in [-0.15, -0.1) is 0 Å². The molecule has 1 aliphatic heterocycles. The Kier molecular flexibility index (Phi) is 5.08. The summed E-state index contributed by atoms with van der Waals surface area (Å²) in [5.41, 5.74) is 6.70. The topological polar surface area (TPSA) is 104 Å². The molecule has 0 radical (unpaired) electrons. The van der Waals surface area contributed by atoms with Crippen molar-refractivity contribution in [2.24, 2.45) is 0 Å². The predicted molar refractivity (Wildman–Crippen MR) is 139 cm³/mol. The van der Waals surface area contributed by atoms with Gasteiger partial charge in [-0.1, -0.05) is 0 Å². The number of hydrogen-bond donors (Lipinski definition) is 2. The first-order valence-electron chi connectivity index (χ1n) is 12.3. The van der Waals surface area contributed by atoms with Crippen molar-refractivity contribution in [2.45, 2.75) is 25.8 Å². The zero-order valence-corrected chi connectivity index (χ0v) is 20.5. The number of alkyl halides is 2. The molecule has 1 fully saturated rings. The summed E-state index contributed by atoms with van der Waals surface area (Å²) in [6.07, 6.45) is 10.6. The highest BCUT2D eigenvalue weighted by molar-refractivity contribution is 5.97. The van der Waals surface area contributed by atoms with E-state index >= 15 is 0 Å². The van der Waals surface area contributed by atoms with Crippen LogP contribution < -0.4 is 0 Å². The van der Waals surface area contributed by atoms with Crippen molar-refractivity contribution in [3.05, 3.63) is 72.8 Å². The van der Waals surface area contributed by atoms with Gasteiger partial charge in [-0.25, -0.2) is 23.7 Å². The van der Waals surface area contributed by atoms with E-state index < -0.39 is 5.92 Å². The second-order valence-corrected chi connectivity index (χ2v) is 9.79. The lowest BCUT2D eigenvalue weighted by Crippen LogP contribution is -2.24. The molecule has 6 aromatic rings. The van der Waals surface area contributed by atoms with E-state index in [0.717, 1.165) is 55.9 Å². The van der Waals surface area contributed by atoms with E-state index in [0.29, 0.717) is 18.7 Å². The first-order chi connectivity index (χ1) is 18.4. The number of nitrogens with zero attached hydrogens (tertiary/aromatic N) is 7. The molecule has 11 heteroatoms. The van der Waals surface area contributed by atoms with Crippen LogP contribution in [0.4, 0.5) is 8.78 Å². The van der Waals surface area contributed by atoms with Crippen LogP contribution in [0.15, 0.2) is 61.6 Å². The number of aryl methyl sites for hydroxylation is 1. The quantitative estimate of drug-likeness (QED) is 0.341. The molecular weight excluding hydrogens is 488 g/mol. The molecule has 7 heterocycles. The summed E-state index contributed by atoms with van der Waals surface area (Å²) >= 11 is 0. The van der Waals surface area contributed by atoms with E-state index in [4.69, 9.17) is 0 Å². The Morgan fingerprint density at radius 3 is 2.74 bits per heavy atom. The highest BCUT2D eigenvalue weighted by Gasteiger charge is 2.37. The molecule has 0 atom stereocenters. The number of imidazole rings is 1. The molecule has 2 N–H and O–H groups in total. The van der Waals surface area contributed by atoms with Crippen LogP contribution >= 0.6 is 0 Å². The van der Waals surface area contributed by atoms with Crippen molar-refractivity contribution < 1.29 is 8.78 Å². The fourth-order valence-electron chi connectivity index (χ4n) is 5.11. The second-order valence-electron chi connectivity index (χ2n) is 9.79. The van der Waals surface area contributed by atoms with Gasteiger partial charge in [0, 0.05) is 72.4 Å². The van der Waals surface area contributed by atoms with Gasteiger partial charge in [0.2, 0.25) is 0 Å². The molecule has 0 aromatic carbocycles. The Morgan fingerprint density at radius 2 is 1.92 bits per heavy atom. The number of fused-ring (bicyclic) bond motifs is 2. The van der Waals surface area contributed by atoms with Gasteiger partial charge in [-0.05, 0) is 36.8 Å². The van der Waals surface area contributed by atoms with Crippen molar-refractivity contribution >= 4 is 21.9 Å². The van der Waals surface area contributed by atoms with Crippen LogP contribution in [-0.4, -0.2) is 63.6 Å². The van der Waals surface area contributed by atoms with Crippen LogP contribution in [0.1, 0.15) is 17.7 Å². The zero-order chi connectivity index (χ0) is 25.9. The van der Waals surface area contributed by atoms with Crippen molar-refractivity contribution in [1.29, 1.82) is 0 Å². The molecule has 0 amide bonds. The molecule has 0 aliphatic carbocycles. The summed E-state index contributed by atoms with van der Waals surface area (Å²) in [4.78, 5) is 23.1. The lowest BCUT2D eigenvalue weighted by Gasteiger charge is -2.15. The molecule has 0 bridgehead atoms. The number of aromatic amines is 2. The number of halogens is 2. The van der Waals surface area contributed by atoms with Gasteiger partial charge < -0.3 is 4.98 Å². The highest BCUT2D eigenvalue weighted by Crippen LogP contribution is 2.33. The molecule has 6 aromatic heterocycles. The van der Waals surface area contributed by atoms with Gasteiger partial charge in [-0.3, -0.25) is 19.5 Å².